The highest BCUT2D eigenvalue weighted by molar-refractivity contribution is 7.86. The van der Waals surface area contributed by atoms with Crippen LogP contribution in [-0.2, 0) is 14.9 Å². The number of carbonyl (C=O) groups is 1. The second kappa shape index (κ2) is 14.5. The second-order valence-electron chi connectivity index (χ2n) is 6.39. The Morgan fingerprint density at radius 1 is 0.958 bits per heavy atom. The maximum absolute atomic E-state index is 11.4. The number of rotatable bonds is 16. The van der Waals surface area contributed by atoms with Crippen LogP contribution in [0.15, 0.2) is 12.2 Å². The first-order valence-electron chi connectivity index (χ1n) is 9.21. The molecule has 6 heteroatoms. The van der Waals surface area contributed by atoms with Crippen LogP contribution in [0.1, 0.15) is 90.4 Å². The average molecular weight is 363 g/mol. The normalized spacial score (nSPS) is 13.4. The predicted molar refractivity (Wildman–Crippen MR) is 97.8 cm³/mol. The number of carboxylic acids is 1. The van der Waals surface area contributed by atoms with E-state index in [2.05, 4.69) is 6.92 Å². The summed E-state index contributed by atoms with van der Waals surface area (Å²) in [5, 5.41) is 7.83. The van der Waals surface area contributed by atoms with E-state index in [-0.39, 0.29) is 6.42 Å². The van der Waals surface area contributed by atoms with Gasteiger partial charge in [-0.15, -0.1) is 0 Å². The zero-order chi connectivity index (χ0) is 18.3. The Labute approximate surface area is 147 Å². The molecule has 1 atom stereocenters. The molecular weight excluding hydrogens is 328 g/mol. The molecule has 0 aromatic carbocycles. The van der Waals surface area contributed by atoms with Gasteiger partial charge in [0.2, 0.25) is 0 Å². The molecule has 5 nitrogen and oxygen atoms in total. The summed E-state index contributed by atoms with van der Waals surface area (Å²) in [6.45, 7) is 2.16. The van der Waals surface area contributed by atoms with Gasteiger partial charge in [0.15, 0.2) is 0 Å². The van der Waals surface area contributed by atoms with Crippen molar-refractivity contribution >= 4 is 16.1 Å². The lowest BCUT2D eigenvalue weighted by molar-refractivity contribution is -0.137. The monoisotopic (exact) mass is 362 g/mol. The number of allylic oxidation sites excluding steroid dienone is 2. The minimum Gasteiger partial charge on any atom is -0.481 e. The summed E-state index contributed by atoms with van der Waals surface area (Å²) >= 11 is 0. The summed E-state index contributed by atoms with van der Waals surface area (Å²) in [4.78, 5) is 10.4. The summed E-state index contributed by atoms with van der Waals surface area (Å²) in [5.74, 6) is -0.767. The minimum absolute atomic E-state index is 0.201. The van der Waals surface area contributed by atoms with Gasteiger partial charge in [-0.25, -0.2) is 0 Å². The lowest BCUT2D eigenvalue weighted by atomic mass is 10.1. The lowest BCUT2D eigenvalue weighted by Gasteiger charge is -2.11. The summed E-state index contributed by atoms with van der Waals surface area (Å²) in [7, 11) is -3.99. The molecule has 0 fully saturated rings. The standard InChI is InChI=1S/C18H34O5S/c1-2-3-4-5-8-11-14-17(24(21,22)23)15-12-9-6-7-10-13-16-18(19)20/h9,12,17H,2-8,10-11,13-16H2,1H3,(H,19,20)(H,21,22,23)/b12-9+. The molecule has 0 saturated carbocycles. The molecule has 0 aliphatic heterocycles. The fraction of sp³-hybridized carbons (Fsp3) is 0.833. The molecule has 2 N–H and O–H groups in total. The van der Waals surface area contributed by atoms with E-state index in [4.69, 9.17) is 5.11 Å². The SMILES string of the molecule is CCCCCCCCC(C/C=C/CCCCCC(=O)O)S(=O)(=O)O. The highest BCUT2D eigenvalue weighted by Crippen LogP contribution is 2.16. The van der Waals surface area contributed by atoms with E-state index in [9.17, 15) is 17.8 Å². The molecule has 0 amide bonds. The van der Waals surface area contributed by atoms with Crippen molar-refractivity contribution in [1.29, 1.82) is 0 Å². The van der Waals surface area contributed by atoms with Crippen molar-refractivity contribution < 1.29 is 22.9 Å². The van der Waals surface area contributed by atoms with Gasteiger partial charge in [-0.3, -0.25) is 9.35 Å². The molecule has 0 aromatic heterocycles. The maximum atomic E-state index is 11.4. The number of hydrogen-bond acceptors (Lipinski definition) is 3. The van der Waals surface area contributed by atoms with Crippen molar-refractivity contribution in [3.63, 3.8) is 0 Å². The van der Waals surface area contributed by atoms with Gasteiger partial charge >= 0.3 is 5.97 Å². The summed E-state index contributed by atoms with van der Waals surface area (Å²) in [6.07, 6.45) is 14.6. The van der Waals surface area contributed by atoms with Crippen LogP contribution in [0.3, 0.4) is 0 Å². The van der Waals surface area contributed by atoms with Crippen molar-refractivity contribution in [3.8, 4) is 0 Å². The Morgan fingerprint density at radius 2 is 1.58 bits per heavy atom. The maximum Gasteiger partial charge on any atom is 0.303 e. The number of carboxylic acid groups (broad SMARTS) is 1. The van der Waals surface area contributed by atoms with E-state index in [1.165, 1.54) is 19.3 Å². The third-order valence-electron chi connectivity index (χ3n) is 4.13. The van der Waals surface area contributed by atoms with Gasteiger partial charge < -0.3 is 5.11 Å². The second-order valence-corrected chi connectivity index (χ2v) is 8.09. The number of aliphatic carboxylic acids is 1. The summed E-state index contributed by atoms with van der Waals surface area (Å²) in [5.41, 5.74) is 0. The van der Waals surface area contributed by atoms with Gasteiger partial charge in [-0.2, -0.15) is 8.42 Å². The van der Waals surface area contributed by atoms with Crippen LogP contribution in [0.2, 0.25) is 0 Å². The molecule has 1 unspecified atom stereocenters. The highest BCUT2D eigenvalue weighted by atomic mass is 32.2. The number of hydrogen-bond donors (Lipinski definition) is 2. The van der Waals surface area contributed by atoms with Gasteiger partial charge in [0.05, 0.1) is 5.25 Å². The molecule has 0 saturated heterocycles. The van der Waals surface area contributed by atoms with E-state index < -0.39 is 21.3 Å². The Morgan fingerprint density at radius 3 is 2.21 bits per heavy atom. The topological polar surface area (TPSA) is 91.7 Å². The minimum atomic E-state index is -3.99. The van der Waals surface area contributed by atoms with Crippen LogP contribution in [-0.4, -0.2) is 29.3 Å². The van der Waals surface area contributed by atoms with Gasteiger partial charge in [0.1, 0.15) is 0 Å². The zero-order valence-electron chi connectivity index (χ0n) is 15.0. The molecule has 24 heavy (non-hydrogen) atoms. The molecule has 0 aromatic rings. The molecule has 142 valence electrons. The molecule has 0 spiro atoms. The van der Waals surface area contributed by atoms with Crippen molar-refractivity contribution in [2.75, 3.05) is 0 Å². The largest absolute Gasteiger partial charge is 0.481 e. The van der Waals surface area contributed by atoms with E-state index in [0.29, 0.717) is 19.3 Å². The molecule has 0 aliphatic rings. The summed E-state index contributed by atoms with van der Waals surface area (Å²) in [6, 6.07) is 0. The van der Waals surface area contributed by atoms with Gasteiger partial charge in [0, 0.05) is 6.42 Å². The average Bonchev–Trinajstić information content (AvgIpc) is 2.49. The van der Waals surface area contributed by atoms with E-state index in [1.807, 2.05) is 12.2 Å². The van der Waals surface area contributed by atoms with E-state index in [1.54, 1.807) is 0 Å². The molecule has 0 rings (SSSR count). The van der Waals surface area contributed by atoms with Crippen LogP contribution < -0.4 is 0 Å². The Balaban J connectivity index is 3.91. The van der Waals surface area contributed by atoms with Crippen LogP contribution in [0.4, 0.5) is 0 Å². The van der Waals surface area contributed by atoms with Crippen LogP contribution in [0.5, 0.6) is 0 Å². The molecule has 0 aliphatic carbocycles. The first-order valence-corrected chi connectivity index (χ1v) is 10.7. The number of unbranched alkanes of at least 4 members (excludes halogenated alkanes) is 8. The van der Waals surface area contributed by atoms with Crippen molar-refractivity contribution in [3.05, 3.63) is 12.2 Å². The quantitative estimate of drug-likeness (QED) is 0.230. The fourth-order valence-corrected chi connectivity index (χ4v) is 3.44. The Kier molecular flexibility index (Phi) is 13.9. The molecule has 0 radical (unpaired) electrons. The molecule has 0 heterocycles. The lowest BCUT2D eigenvalue weighted by Crippen LogP contribution is -2.19. The van der Waals surface area contributed by atoms with Crippen LogP contribution >= 0.6 is 0 Å². The van der Waals surface area contributed by atoms with Crippen molar-refractivity contribution in [1.82, 2.24) is 0 Å². The van der Waals surface area contributed by atoms with Crippen molar-refractivity contribution in [2.24, 2.45) is 0 Å². The first-order chi connectivity index (χ1) is 11.4. The zero-order valence-corrected chi connectivity index (χ0v) is 15.8. The third kappa shape index (κ3) is 14.7. The van der Waals surface area contributed by atoms with Gasteiger partial charge in [0.25, 0.3) is 10.1 Å². The summed E-state index contributed by atoms with van der Waals surface area (Å²) < 4.78 is 32.2. The third-order valence-corrected chi connectivity index (χ3v) is 5.40. The Bertz CT molecular complexity index is 442. The van der Waals surface area contributed by atoms with E-state index >= 15 is 0 Å². The van der Waals surface area contributed by atoms with Gasteiger partial charge in [-0.1, -0.05) is 64.0 Å². The van der Waals surface area contributed by atoms with Gasteiger partial charge in [-0.05, 0) is 32.1 Å². The van der Waals surface area contributed by atoms with Crippen LogP contribution in [0, 0.1) is 0 Å². The predicted octanol–water partition coefficient (Wildman–Crippen LogP) is 4.97. The first kappa shape index (κ1) is 23.1. The fourth-order valence-electron chi connectivity index (χ4n) is 2.62. The smallest absolute Gasteiger partial charge is 0.303 e. The molecular formula is C18H34O5S. The van der Waals surface area contributed by atoms with Crippen LogP contribution in [0.25, 0.3) is 0 Å². The highest BCUT2D eigenvalue weighted by Gasteiger charge is 2.20. The van der Waals surface area contributed by atoms with Crippen molar-refractivity contribution in [2.45, 2.75) is 95.6 Å². The van der Waals surface area contributed by atoms with E-state index in [0.717, 1.165) is 38.5 Å². The Hall–Kier alpha value is -0.880. The molecule has 0 bridgehead atoms.